The average molecular weight is 664 g/mol. The van der Waals surface area contributed by atoms with Crippen LogP contribution in [0.15, 0.2) is 107 Å². The summed E-state index contributed by atoms with van der Waals surface area (Å²) in [5.41, 5.74) is 3.83. The zero-order valence-electron chi connectivity index (χ0n) is 26.7. The number of piperazine rings is 1. The van der Waals surface area contributed by atoms with E-state index in [9.17, 15) is 16.8 Å². The van der Waals surface area contributed by atoms with E-state index in [-0.39, 0.29) is 22.9 Å². The molecule has 0 N–H and O–H groups in total. The fourth-order valence-corrected chi connectivity index (χ4v) is 8.27. The molecule has 1 fully saturated rings. The van der Waals surface area contributed by atoms with Crippen LogP contribution < -0.4 is 14.4 Å². The van der Waals surface area contributed by atoms with Crippen molar-refractivity contribution in [1.82, 2.24) is 8.61 Å². The standard InChI is InChI=1S/C35H41N3O6S2/c1-27(2)30-9-5-28(6-10-30)25-38(26-29-7-13-32(43-3)14-8-29)46(41,42)35-19-17-34(18-20-35)45(39,40)37-23-21-36(22-24-37)31-11-15-33(44-4)16-12-31/h5-20,27H,21-26H2,1-4H3. The molecule has 0 atom stereocenters. The highest BCUT2D eigenvalue weighted by molar-refractivity contribution is 7.89. The summed E-state index contributed by atoms with van der Waals surface area (Å²) < 4.78 is 68.5. The van der Waals surface area contributed by atoms with Crippen LogP contribution in [0.5, 0.6) is 11.5 Å². The van der Waals surface area contributed by atoms with Crippen LogP contribution in [-0.2, 0) is 33.1 Å². The highest BCUT2D eigenvalue weighted by Crippen LogP contribution is 2.27. The molecule has 5 rings (SSSR count). The van der Waals surface area contributed by atoms with Crippen LogP contribution in [0.25, 0.3) is 0 Å². The summed E-state index contributed by atoms with van der Waals surface area (Å²) in [4.78, 5) is 2.23. The molecule has 244 valence electrons. The number of benzene rings is 4. The fourth-order valence-electron chi connectivity index (χ4n) is 5.43. The lowest BCUT2D eigenvalue weighted by Gasteiger charge is -2.35. The summed E-state index contributed by atoms with van der Waals surface area (Å²) in [5.74, 6) is 1.81. The van der Waals surface area contributed by atoms with Gasteiger partial charge in [0.1, 0.15) is 11.5 Å². The summed E-state index contributed by atoms with van der Waals surface area (Å²) in [5, 5.41) is 0. The third kappa shape index (κ3) is 7.55. The summed E-state index contributed by atoms with van der Waals surface area (Å²) >= 11 is 0. The van der Waals surface area contributed by atoms with Gasteiger partial charge in [0.2, 0.25) is 20.0 Å². The molecule has 0 spiro atoms. The Kier molecular flexibility index (Phi) is 10.4. The van der Waals surface area contributed by atoms with Crippen LogP contribution in [0.4, 0.5) is 5.69 Å². The number of hydrogen-bond donors (Lipinski definition) is 0. The Morgan fingerprint density at radius 3 is 1.57 bits per heavy atom. The molecule has 0 aromatic heterocycles. The molecular weight excluding hydrogens is 623 g/mol. The second-order valence-corrected chi connectivity index (χ2v) is 15.5. The number of hydrogen-bond acceptors (Lipinski definition) is 7. The molecule has 1 aliphatic heterocycles. The van der Waals surface area contributed by atoms with Gasteiger partial charge in [-0.3, -0.25) is 0 Å². The maximum Gasteiger partial charge on any atom is 0.243 e. The van der Waals surface area contributed by atoms with Gasteiger partial charge in [-0.25, -0.2) is 16.8 Å². The Morgan fingerprint density at radius 2 is 1.09 bits per heavy atom. The van der Waals surface area contributed by atoms with Crippen LogP contribution in [0, 0.1) is 0 Å². The van der Waals surface area contributed by atoms with Crippen molar-refractivity contribution in [3.05, 3.63) is 114 Å². The van der Waals surface area contributed by atoms with Gasteiger partial charge in [-0.1, -0.05) is 50.2 Å². The summed E-state index contributed by atoms with van der Waals surface area (Å²) in [7, 11) is -4.60. The van der Waals surface area contributed by atoms with E-state index in [1.54, 1.807) is 26.4 Å². The van der Waals surface area contributed by atoms with Crippen LogP contribution >= 0.6 is 0 Å². The van der Waals surface area contributed by atoms with E-state index in [0.29, 0.717) is 37.8 Å². The summed E-state index contributed by atoms with van der Waals surface area (Å²) in [6.45, 7) is 6.23. The van der Waals surface area contributed by atoms with Crippen molar-refractivity contribution < 1.29 is 26.3 Å². The van der Waals surface area contributed by atoms with Gasteiger partial charge >= 0.3 is 0 Å². The number of anilines is 1. The molecule has 0 amide bonds. The first-order valence-corrected chi connectivity index (χ1v) is 18.1. The van der Waals surface area contributed by atoms with E-state index in [0.717, 1.165) is 22.6 Å². The second-order valence-electron chi connectivity index (χ2n) is 11.6. The molecule has 1 heterocycles. The Morgan fingerprint density at radius 1 is 0.630 bits per heavy atom. The minimum Gasteiger partial charge on any atom is -0.497 e. The van der Waals surface area contributed by atoms with Crippen LogP contribution in [-0.4, -0.2) is 65.8 Å². The lowest BCUT2D eigenvalue weighted by molar-refractivity contribution is 0.384. The highest BCUT2D eigenvalue weighted by Gasteiger charge is 2.30. The maximum absolute atomic E-state index is 14.0. The number of sulfonamides is 2. The highest BCUT2D eigenvalue weighted by atomic mass is 32.2. The van der Waals surface area contributed by atoms with Gasteiger partial charge in [-0.15, -0.1) is 0 Å². The second kappa shape index (κ2) is 14.3. The monoisotopic (exact) mass is 663 g/mol. The van der Waals surface area contributed by atoms with Crippen LogP contribution in [0.2, 0.25) is 0 Å². The van der Waals surface area contributed by atoms with Crippen molar-refractivity contribution in [2.24, 2.45) is 0 Å². The van der Waals surface area contributed by atoms with E-state index >= 15 is 0 Å². The normalized spacial score (nSPS) is 14.5. The fraction of sp³-hybridized carbons (Fsp3) is 0.314. The first-order valence-electron chi connectivity index (χ1n) is 15.2. The SMILES string of the molecule is COc1ccc(CN(Cc2ccc(C(C)C)cc2)S(=O)(=O)c2ccc(S(=O)(=O)N3CCN(c4ccc(OC)cc4)CC3)cc2)cc1. The predicted molar refractivity (Wildman–Crippen MR) is 180 cm³/mol. The Labute approximate surface area is 273 Å². The Bertz CT molecular complexity index is 1800. The largest absolute Gasteiger partial charge is 0.497 e. The molecule has 1 aliphatic rings. The number of ether oxygens (including phenoxy) is 2. The Hall–Kier alpha value is -3.90. The molecule has 9 nitrogen and oxygen atoms in total. The molecule has 0 saturated carbocycles. The molecule has 0 radical (unpaired) electrons. The molecule has 0 unspecified atom stereocenters. The van der Waals surface area contributed by atoms with Gasteiger partial charge in [0.15, 0.2) is 0 Å². The predicted octanol–water partition coefficient (Wildman–Crippen LogP) is 5.73. The zero-order chi connectivity index (χ0) is 32.9. The van der Waals surface area contributed by atoms with E-state index in [1.807, 2.05) is 60.7 Å². The molecule has 1 saturated heterocycles. The minimum absolute atomic E-state index is 0.0306. The molecule has 0 aliphatic carbocycles. The number of nitrogens with zero attached hydrogens (tertiary/aromatic N) is 3. The van der Waals surface area contributed by atoms with Gasteiger partial charge in [0, 0.05) is 45.0 Å². The van der Waals surface area contributed by atoms with E-state index in [1.165, 1.54) is 38.4 Å². The van der Waals surface area contributed by atoms with Gasteiger partial charge in [-0.2, -0.15) is 8.61 Å². The Balaban J connectivity index is 1.33. The quantitative estimate of drug-likeness (QED) is 0.191. The minimum atomic E-state index is -3.99. The van der Waals surface area contributed by atoms with Crippen molar-refractivity contribution >= 4 is 25.7 Å². The van der Waals surface area contributed by atoms with Gasteiger partial charge < -0.3 is 14.4 Å². The molecule has 4 aromatic carbocycles. The molecule has 46 heavy (non-hydrogen) atoms. The zero-order valence-corrected chi connectivity index (χ0v) is 28.3. The first kappa shape index (κ1) is 33.5. The van der Waals surface area contributed by atoms with Crippen molar-refractivity contribution in [3.63, 3.8) is 0 Å². The maximum atomic E-state index is 14.0. The first-order chi connectivity index (χ1) is 22.0. The van der Waals surface area contributed by atoms with E-state index in [2.05, 4.69) is 18.7 Å². The summed E-state index contributed by atoms with van der Waals surface area (Å²) in [6.07, 6.45) is 0. The van der Waals surface area contributed by atoms with Crippen LogP contribution in [0.1, 0.15) is 36.5 Å². The van der Waals surface area contributed by atoms with Gasteiger partial charge in [0.05, 0.1) is 24.0 Å². The third-order valence-corrected chi connectivity index (χ3v) is 12.0. The lowest BCUT2D eigenvalue weighted by Crippen LogP contribution is -2.48. The van der Waals surface area contributed by atoms with Crippen molar-refractivity contribution in [2.75, 3.05) is 45.3 Å². The smallest absolute Gasteiger partial charge is 0.243 e. The van der Waals surface area contributed by atoms with E-state index < -0.39 is 20.0 Å². The molecule has 11 heteroatoms. The molecule has 4 aromatic rings. The number of methoxy groups -OCH3 is 2. The van der Waals surface area contributed by atoms with Crippen LogP contribution in [0.3, 0.4) is 0 Å². The van der Waals surface area contributed by atoms with Crippen molar-refractivity contribution in [1.29, 1.82) is 0 Å². The van der Waals surface area contributed by atoms with Gasteiger partial charge in [0.25, 0.3) is 0 Å². The molecular formula is C35H41N3O6S2. The lowest BCUT2D eigenvalue weighted by atomic mass is 10.0. The third-order valence-electron chi connectivity index (χ3n) is 8.30. The number of rotatable bonds is 12. The van der Waals surface area contributed by atoms with E-state index in [4.69, 9.17) is 9.47 Å². The topological polar surface area (TPSA) is 96.5 Å². The van der Waals surface area contributed by atoms with Gasteiger partial charge in [-0.05, 0) is 83.3 Å². The average Bonchev–Trinajstić information content (AvgIpc) is 3.08. The van der Waals surface area contributed by atoms with Crippen molar-refractivity contribution in [2.45, 2.75) is 42.6 Å². The summed E-state index contributed by atoms with van der Waals surface area (Å²) in [6, 6.07) is 28.5. The van der Waals surface area contributed by atoms with Crippen molar-refractivity contribution in [3.8, 4) is 11.5 Å². The molecule has 0 bridgehead atoms.